The first-order valence-electron chi connectivity index (χ1n) is 4.38. The standard InChI is InChI=1S/C10H16N/c1-8(2)10-5-6-11(4)9(3)7-10/h5-8H,1-4H3/q+1/i8D. The molecule has 0 fully saturated rings. The van der Waals surface area contributed by atoms with E-state index in [1.807, 2.05) is 33.2 Å². The van der Waals surface area contributed by atoms with Crippen LogP contribution in [0, 0.1) is 6.92 Å². The number of hydrogen-bond acceptors (Lipinski definition) is 0. The second-order valence-corrected chi connectivity index (χ2v) is 3.17. The Labute approximate surface area is 70.1 Å². The molecular weight excluding hydrogens is 134 g/mol. The second-order valence-electron chi connectivity index (χ2n) is 3.17. The van der Waals surface area contributed by atoms with E-state index in [2.05, 4.69) is 17.6 Å². The van der Waals surface area contributed by atoms with Crippen molar-refractivity contribution in [1.29, 1.82) is 0 Å². The Hall–Kier alpha value is -0.850. The van der Waals surface area contributed by atoms with Crippen LogP contribution in [0.1, 0.15) is 32.4 Å². The van der Waals surface area contributed by atoms with E-state index in [9.17, 15) is 0 Å². The number of aromatic nitrogens is 1. The van der Waals surface area contributed by atoms with Crippen molar-refractivity contribution >= 4 is 0 Å². The zero-order valence-corrected chi connectivity index (χ0v) is 7.68. The van der Waals surface area contributed by atoms with E-state index in [1.54, 1.807) is 0 Å². The summed E-state index contributed by atoms with van der Waals surface area (Å²) in [5.41, 5.74) is 2.26. The topological polar surface area (TPSA) is 3.88 Å². The van der Waals surface area contributed by atoms with Crippen molar-refractivity contribution in [1.82, 2.24) is 0 Å². The summed E-state index contributed by atoms with van der Waals surface area (Å²) in [6.45, 7) is 5.86. The highest BCUT2D eigenvalue weighted by Gasteiger charge is 2.04. The second kappa shape index (κ2) is 3.04. The molecule has 1 heteroatoms. The zero-order chi connectivity index (χ0) is 9.35. The van der Waals surface area contributed by atoms with Crippen LogP contribution in [0.5, 0.6) is 0 Å². The van der Waals surface area contributed by atoms with Crippen LogP contribution < -0.4 is 4.57 Å². The van der Waals surface area contributed by atoms with Crippen molar-refractivity contribution in [2.24, 2.45) is 7.05 Å². The molecule has 0 aliphatic carbocycles. The lowest BCUT2D eigenvalue weighted by molar-refractivity contribution is -0.677. The third kappa shape index (κ3) is 1.79. The minimum Gasteiger partial charge on any atom is -0.205 e. The van der Waals surface area contributed by atoms with Gasteiger partial charge in [-0.05, 0) is 11.5 Å². The lowest BCUT2D eigenvalue weighted by atomic mass is 10.0. The van der Waals surface area contributed by atoms with Gasteiger partial charge in [0.2, 0.25) is 0 Å². The van der Waals surface area contributed by atoms with Gasteiger partial charge in [-0.2, -0.15) is 0 Å². The van der Waals surface area contributed by atoms with Gasteiger partial charge < -0.3 is 0 Å². The number of nitrogens with zero attached hydrogens (tertiary/aromatic N) is 1. The van der Waals surface area contributed by atoms with E-state index in [1.165, 1.54) is 5.69 Å². The fourth-order valence-corrected chi connectivity index (χ4v) is 0.996. The molecule has 1 rings (SSSR count). The Morgan fingerprint density at radius 2 is 2.18 bits per heavy atom. The molecule has 0 N–H and O–H groups in total. The molecule has 0 spiro atoms. The molecule has 0 aromatic carbocycles. The average Bonchev–Trinajstić information content (AvgIpc) is 1.92. The number of rotatable bonds is 1. The Kier molecular flexibility index (Phi) is 1.89. The summed E-state index contributed by atoms with van der Waals surface area (Å²) >= 11 is 0. The molecule has 0 atom stereocenters. The van der Waals surface area contributed by atoms with Crippen molar-refractivity contribution < 1.29 is 5.94 Å². The van der Waals surface area contributed by atoms with E-state index in [4.69, 9.17) is 1.37 Å². The van der Waals surface area contributed by atoms with Gasteiger partial charge in [-0.3, -0.25) is 0 Å². The van der Waals surface area contributed by atoms with Crippen LogP contribution in [0.3, 0.4) is 0 Å². The molecule has 0 saturated carbocycles. The summed E-state index contributed by atoms with van der Waals surface area (Å²) in [4.78, 5) is 0. The minimum absolute atomic E-state index is 0.487. The van der Waals surface area contributed by atoms with Gasteiger partial charge >= 0.3 is 0 Å². The smallest absolute Gasteiger partial charge is 0.178 e. The molecule has 1 nitrogen and oxygen atoms in total. The Morgan fingerprint density at radius 1 is 1.55 bits per heavy atom. The molecule has 1 aromatic rings. The van der Waals surface area contributed by atoms with Gasteiger partial charge in [0.1, 0.15) is 7.05 Å². The van der Waals surface area contributed by atoms with Crippen molar-refractivity contribution in [3.63, 3.8) is 0 Å². The van der Waals surface area contributed by atoms with Crippen molar-refractivity contribution in [3.05, 3.63) is 29.6 Å². The highest BCUT2D eigenvalue weighted by atomic mass is 14.9. The van der Waals surface area contributed by atoms with E-state index < -0.39 is 5.89 Å². The van der Waals surface area contributed by atoms with E-state index >= 15 is 0 Å². The quantitative estimate of drug-likeness (QED) is 0.540. The van der Waals surface area contributed by atoms with Crippen molar-refractivity contribution in [3.8, 4) is 0 Å². The van der Waals surface area contributed by atoms with Crippen LogP contribution in [-0.4, -0.2) is 0 Å². The first kappa shape index (κ1) is 6.84. The maximum atomic E-state index is 7.83. The third-order valence-corrected chi connectivity index (χ3v) is 1.98. The molecule has 11 heavy (non-hydrogen) atoms. The zero-order valence-electron chi connectivity index (χ0n) is 8.68. The lowest BCUT2D eigenvalue weighted by Crippen LogP contribution is -2.31. The fraction of sp³-hybridized carbons (Fsp3) is 0.500. The molecule has 1 heterocycles. The van der Waals surface area contributed by atoms with Crippen LogP contribution in [0.25, 0.3) is 0 Å². The molecule has 1 aromatic heterocycles. The Morgan fingerprint density at radius 3 is 2.64 bits per heavy atom. The van der Waals surface area contributed by atoms with Crippen LogP contribution in [0.4, 0.5) is 0 Å². The molecule has 0 aliphatic rings. The maximum absolute atomic E-state index is 7.83. The predicted molar refractivity (Wildman–Crippen MR) is 46.4 cm³/mol. The highest BCUT2D eigenvalue weighted by Crippen LogP contribution is 2.12. The summed E-state index contributed by atoms with van der Waals surface area (Å²) in [6, 6.07) is 4.06. The molecule has 0 bridgehead atoms. The monoisotopic (exact) mass is 151 g/mol. The fourth-order valence-electron chi connectivity index (χ4n) is 0.996. The number of aryl methyl sites for hydroxylation is 2. The summed E-state index contributed by atoms with van der Waals surface area (Å²) in [5.74, 6) is -0.487. The predicted octanol–water partition coefficient (Wildman–Crippen LogP) is 1.94. The Bertz CT molecular complexity index is 286. The van der Waals surface area contributed by atoms with Gasteiger partial charge in [0.25, 0.3) is 0 Å². The third-order valence-electron chi connectivity index (χ3n) is 1.98. The largest absolute Gasteiger partial charge is 0.205 e. The first-order chi connectivity index (χ1) is 5.41. The molecule has 0 unspecified atom stereocenters. The van der Waals surface area contributed by atoms with Crippen molar-refractivity contribution in [2.45, 2.75) is 26.7 Å². The molecule has 0 aliphatic heterocycles. The van der Waals surface area contributed by atoms with Crippen LogP contribution in [-0.2, 0) is 7.05 Å². The van der Waals surface area contributed by atoms with Gasteiger partial charge in [0.15, 0.2) is 11.9 Å². The molecular formula is C10H16N+. The van der Waals surface area contributed by atoms with E-state index in [0.29, 0.717) is 0 Å². The number of pyridine rings is 1. The molecule has 0 saturated heterocycles. The minimum atomic E-state index is -0.487. The van der Waals surface area contributed by atoms with E-state index in [-0.39, 0.29) is 0 Å². The summed E-state index contributed by atoms with van der Waals surface area (Å²) in [5, 5.41) is 0. The summed E-state index contributed by atoms with van der Waals surface area (Å²) in [6.07, 6.45) is 2.00. The average molecular weight is 151 g/mol. The molecule has 60 valence electrons. The van der Waals surface area contributed by atoms with Gasteiger partial charge in [0.05, 0.1) is 0 Å². The Balaban J connectivity index is 3.14. The lowest BCUT2D eigenvalue weighted by Gasteiger charge is -2.03. The maximum Gasteiger partial charge on any atom is 0.178 e. The normalized spacial score (nSPS) is 12.9. The molecule has 0 radical (unpaired) electrons. The summed E-state index contributed by atoms with van der Waals surface area (Å²) in [7, 11) is 2.01. The van der Waals surface area contributed by atoms with Crippen LogP contribution >= 0.6 is 0 Å². The SMILES string of the molecule is [2H]C(C)(C)c1cc[n+](C)c(C)c1. The highest BCUT2D eigenvalue weighted by molar-refractivity contribution is 5.15. The summed E-state index contributed by atoms with van der Waals surface area (Å²) < 4.78 is 9.88. The van der Waals surface area contributed by atoms with Gasteiger partial charge in [-0.15, -0.1) is 0 Å². The van der Waals surface area contributed by atoms with Crippen molar-refractivity contribution in [2.75, 3.05) is 0 Å². The number of hydrogen-bond donors (Lipinski definition) is 0. The van der Waals surface area contributed by atoms with Gasteiger partial charge in [0, 0.05) is 20.4 Å². The van der Waals surface area contributed by atoms with E-state index in [0.717, 1.165) is 5.56 Å². The van der Waals surface area contributed by atoms with Crippen LogP contribution in [0.15, 0.2) is 18.3 Å². The van der Waals surface area contributed by atoms with Crippen LogP contribution in [0.2, 0.25) is 0 Å². The first-order valence-corrected chi connectivity index (χ1v) is 3.88. The van der Waals surface area contributed by atoms with Gasteiger partial charge in [-0.1, -0.05) is 13.8 Å². The van der Waals surface area contributed by atoms with Gasteiger partial charge in [-0.25, -0.2) is 4.57 Å². The molecule has 0 amide bonds.